The molecule has 22 heavy (non-hydrogen) atoms. The summed E-state index contributed by atoms with van der Waals surface area (Å²) in [6.07, 6.45) is 3.88. The molecule has 0 saturated heterocycles. The van der Waals surface area contributed by atoms with Gasteiger partial charge in [0.15, 0.2) is 0 Å². The number of amides is 1. The summed E-state index contributed by atoms with van der Waals surface area (Å²) in [4.78, 5) is 23.4. The van der Waals surface area contributed by atoms with Gasteiger partial charge < -0.3 is 10.4 Å². The van der Waals surface area contributed by atoms with Gasteiger partial charge >= 0.3 is 5.97 Å². The van der Waals surface area contributed by atoms with Crippen molar-refractivity contribution in [2.75, 3.05) is 0 Å². The molecule has 1 aromatic carbocycles. The van der Waals surface area contributed by atoms with Crippen LogP contribution in [0.15, 0.2) is 42.7 Å². The zero-order valence-electron chi connectivity index (χ0n) is 12.6. The Morgan fingerprint density at radius 3 is 2.50 bits per heavy atom. The maximum absolute atomic E-state index is 12.2. The number of carboxylic acid groups (broad SMARTS) is 1. The number of rotatable bonds is 6. The van der Waals surface area contributed by atoms with Crippen LogP contribution in [0.25, 0.3) is 0 Å². The zero-order valence-corrected chi connectivity index (χ0v) is 12.6. The lowest BCUT2D eigenvalue weighted by Gasteiger charge is -2.24. The number of hydrogen-bond acceptors (Lipinski definition) is 3. The van der Waals surface area contributed by atoms with Gasteiger partial charge in [0.2, 0.25) is 0 Å². The molecule has 1 amide bonds. The number of benzene rings is 1. The standard InChI is InChI=1S/C16H19N3O3/c1-3-16(2,15(21)22)18-14(20)13-7-5-12(6-8-13)11-19-10-4-9-17-19/h4-10H,3,11H2,1-2H3,(H,18,20)(H,21,22). The van der Waals surface area contributed by atoms with Crippen molar-refractivity contribution in [2.45, 2.75) is 32.4 Å². The van der Waals surface area contributed by atoms with Crippen molar-refractivity contribution in [2.24, 2.45) is 0 Å². The number of nitrogens with one attached hydrogen (secondary N) is 1. The van der Waals surface area contributed by atoms with Gasteiger partial charge in [0.1, 0.15) is 5.54 Å². The molecule has 1 unspecified atom stereocenters. The molecule has 0 bridgehead atoms. The Morgan fingerprint density at radius 1 is 1.32 bits per heavy atom. The Hall–Kier alpha value is -2.63. The Bertz CT molecular complexity index is 650. The number of carboxylic acids is 1. The van der Waals surface area contributed by atoms with Gasteiger partial charge in [-0.2, -0.15) is 5.10 Å². The average molecular weight is 301 g/mol. The molecule has 2 aromatic rings. The normalized spacial score (nSPS) is 13.4. The zero-order chi connectivity index (χ0) is 16.2. The topological polar surface area (TPSA) is 84.2 Å². The highest BCUT2D eigenvalue weighted by Gasteiger charge is 2.32. The smallest absolute Gasteiger partial charge is 0.329 e. The third kappa shape index (κ3) is 3.52. The fourth-order valence-corrected chi connectivity index (χ4v) is 1.96. The van der Waals surface area contributed by atoms with Crippen LogP contribution in [0.3, 0.4) is 0 Å². The third-order valence-corrected chi connectivity index (χ3v) is 3.69. The predicted molar refractivity (Wildman–Crippen MR) is 81.6 cm³/mol. The van der Waals surface area contributed by atoms with Crippen LogP contribution < -0.4 is 5.32 Å². The van der Waals surface area contributed by atoms with E-state index in [1.807, 2.05) is 24.4 Å². The van der Waals surface area contributed by atoms with E-state index >= 15 is 0 Å². The predicted octanol–water partition coefficient (Wildman–Crippen LogP) is 1.91. The maximum atomic E-state index is 12.2. The van der Waals surface area contributed by atoms with Crippen molar-refractivity contribution in [1.29, 1.82) is 0 Å². The monoisotopic (exact) mass is 301 g/mol. The summed E-state index contributed by atoms with van der Waals surface area (Å²) >= 11 is 0. The molecule has 1 atom stereocenters. The van der Waals surface area contributed by atoms with E-state index in [1.54, 1.807) is 29.9 Å². The van der Waals surface area contributed by atoms with E-state index in [4.69, 9.17) is 0 Å². The van der Waals surface area contributed by atoms with Crippen molar-refractivity contribution in [3.63, 3.8) is 0 Å². The highest BCUT2D eigenvalue weighted by atomic mass is 16.4. The molecule has 0 fully saturated rings. The summed E-state index contributed by atoms with van der Waals surface area (Å²) in [6, 6.07) is 8.89. The molecule has 116 valence electrons. The van der Waals surface area contributed by atoms with Crippen molar-refractivity contribution in [1.82, 2.24) is 15.1 Å². The van der Waals surface area contributed by atoms with Crippen LogP contribution >= 0.6 is 0 Å². The number of aromatic nitrogens is 2. The first-order chi connectivity index (χ1) is 10.4. The first-order valence-electron chi connectivity index (χ1n) is 7.07. The van der Waals surface area contributed by atoms with Gasteiger partial charge in [-0.05, 0) is 37.1 Å². The van der Waals surface area contributed by atoms with Gasteiger partial charge in [-0.25, -0.2) is 4.79 Å². The average Bonchev–Trinajstić information content (AvgIpc) is 3.00. The van der Waals surface area contributed by atoms with Crippen LogP contribution in [0, 0.1) is 0 Å². The molecule has 0 aliphatic carbocycles. The SMILES string of the molecule is CCC(C)(NC(=O)c1ccc(Cn2cccn2)cc1)C(=O)O. The summed E-state index contributed by atoms with van der Waals surface area (Å²) in [5.74, 6) is -1.43. The molecular formula is C16H19N3O3. The van der Waals surface area contributed by atoms with Crippen LogP contribution in [0.1, 0.15) is 36.2 Å². The van der Waals surface area contributed by atoms with Crippen molar-refractivity contribution in [3.8, 4) is 0 Å². The lowest BCUT2D eigenvalue weighted by atomic mass is 9.98. The van der Waals surface area contributed by atoms with Crippen LogP contribution in [-0.2, 0) is 11.3 Å². The summed E-state index contributed by atoms with van der Waals surface area (Å²) in [5.41, 5.74) is 0.187. The van der Waals surface area contributed by atoms with Gasteiger partial charge in [-0.3, -0.25) is 9.48 Å². The van der Waals surface area contributed by atoms with E-state index in [1.165, 1.54) is 6.92 Å². The fourth-order valence-electron chi connectivity index (χ4n) is 1.96. The molecule has 0 spiro atoms. The van der Waals surface area contributed by atoms with Gasteiger partial charge in [0, 0.05) is 18.0 Å². The van der Waals surface area contributed by atoms with Gasteiger partial charge in [-0.15, -0.1) is 0 Å². The number of aliphatic carboxylic acids is 1. The molecule has 6 nitrogen and oxygen atoms in total. The summed E-state index contributed by atoms with van der Waals surface area (Å²) < 4.78 is 1.79. The van der Waals surface area contributed by atoms with Gasteiger partial charge in [0.25, 0.3) is 5.91 Å². The second kappa shape index (κ2) is 6.43. The molecule has 6 heteroatoms. The minimum atomic E-state index is -1.26. The minimum Gasteiger partial charge on any atom is -0.480 e. The molecule has 1 aromatic heterocycles. The second-order valence-corrected chi connectivity index (χ2v) is 5.35. The van der Waals surface area contributed by atoms with Crippen molar-refractivity contribution >= 4 is 11.9 Å². The molecular weight excluding hydrogens is 282 g/mol. The highest BCUT2D eigenvalue weighted by molar-refractivity contribution is 5.97. The fraction of sp³-hybridized carbons (Fsp3) is 0.312. The Morgan fingerprint density at radius 2 is 2.00 bits per heavy atom. The molecule has 0 radical (unpaired) electrons. The van der Waals surface area contributed by atoms with Gasteiger partial charge in [-0.1, -0.05) is 19.1 Å². The number of hydrogen-bond donors (Lipinski definition) is 2. The maximum Gasteiger partial charge on any atom is 0.329 e. The van der Waals surface area contributed by atoms with E-state index in [9.17, 15) is 14.7 Å². The van der Waals surface area contributed by atoms with Crippen molar-refractivity contribution < 1.29 is 14.7 Å². The molecule has 0 aliphatic rings. The first-order valence-corrected chi connectivity index (χ1v) is 7.07. The lowest BCUT2D eigenvalue weighted by molar-refractivity contribution is -0.143. The summed E-state index contributed by atoms with van der Waals surface area (Å²) in [5, 5.41) is 15.9. The van der Waals surface area contributed by atoms with E-state index < -0.39 is 17.4 Å². The molecule has 2 rings (SSSR count). The Kier molecular flexibility index (Phi) is 4.60. The molecule has 0 aliphatic heterocycles. The van der Waals surface area contributed by atoms with Gasteiger partial charge in [0.05, 0.1) is 6.54 Å². The molecule has 0 saturated carbocycles. The molecule has 1 heterocycles. The minimum absolute atomic E-state index is 0.311. The largest absolute Gasteiger partial charge is 0.480 e. The van der Waals surface area contributed by atoms with Crippen molar-refractivity contribution in [3.05, 3.63) is 53.9 Å². The van der Waals surface area contributed by atoms with E-state index in [-0.39, 0.29) is 0 Å². The summed E-state index contributed by atoms with van der Waals surface area (Å²) in [6.45, 7) is 3.84. The summed E-state index contributed by atoms with van der Waals surface area (Å²) in [7, 11) is 0. The quantitative estimate of drug-likeness (QED) is 0.853. The van der Waals surface area contributed by atoms with Crippen LogP contribution in [0.2, 0.25) is 0 Å². The number of carbonyl (C=O) groups excluding carboxylic acids is 1. The lowest BCUT2D eigenvalue weighted by Crippen LogP contribution is -2.51. The molecule has 2 N–H and O–H groups in total. The van der Waals surface area contributed by atoms with Crippen LogP contribution in [-0.4, -0.2) is 32.3 Å². The highest BCUT2D eigenvalue weighted by Crippen LogP contribution is 2.12. The number of nitrogens with zero attached hydrogens (tertiary/aromatic N) is 2. The van der Waals surface area contributed by atoms with E-state index in [0.717, 1.165) is 5.56 Å². The third-order valence-electron chi connectivity index (χ3n) is 3.69. The van der Waals surface area contributed by atoms with Crippen LogP contribution in [0.5, 0.6) is 0 Å². The van der Waals surface area contributed by atoms with E-state index in [2.05, 4.69) is 10.4 Å². The van der Waals surface area contributed by atoms with E-state index in [0.29, 0.717) is 18.5 Å². The van der Waals surface area contributed by atoms with Crippen LogP contribution in [0.4, 0.5) is 0 Å². The Balaban J connectivity index is 2.06. The first kappa shape index (κ1) is 15.8. The second-order valence-electron chi connectivity index (χ2n) is 5.35. The number of carbonyl (C=O) groups is 2. The Labute approximate surface area is 128 Å².